The average Bonchev–Trinajstić information content (AvgIpc) is 3.25. The van der Waals surface area contributed by atoms with Gasteiger partial charge in [0.05, 0.1) is 8.07 Å². The summed E-state index contributed by atoms with van der Waals surface area (Å²) in [5, 5.41) is 6.71. The minimum atomic E-state index is -1.30. The molecule has 2 aliphatic heterocycles. The molecule has 0 radical (unpaired) electrons. The molecule has 5 rings (SSSR count). The Labute approximate surface area is 157 Å². The topological polar surface area (TPSA) is 0 Å². The zero-order valence-corrected chi connectivity index (χ0v) is 18.0. The van der Waals surface area contributed by atoms with Crippen LogP contribution in [0.4, 0.5) is 0 Å². The maximum atomic E-state index is 2.81. The summed E-state index contributed by atoms with van der Waals surface area (Å²) < 4.78 is 0. The fourth-order valence-corrected chi connectivity index (χ4v) is 18.7. The predicted molar refractivity (Wildman–Crippen MR) is 112 cm³/mol. The summed E-state index contributed by atoms with van der Waals surface area (Å²) in [4.78, 5) is 0. The highest BCUT2D eigenvalue weighted by Crippen LogP contribution is 2.66. The number of thioether (sulfide) groups is 2. The minimum absolute atomic E-state index is 0.849. The molecular formula is C21H32S2Si. The normalized spacial score (nSPS) is 52.5. The van der Waals surface area contributed by atoms with Crippen molar-refractivity contribution in [2.45, 2.75) is 73.7 Å². The van der Waals surface area contributed by atoms with E-state index >= 15 is 0 Å². The van der Waals surface area contributed by atoms with E-state index in [1.54, 1.807) is 19.3 Å². The standard InChI is InChI=1S/C21H32S2Si/c1-13-12-14-6-4-5-7-15(14)20(13)24(2,3)21-18-16(8-10-22-18)17-9-11-23-19(17)21/h8-11,13-21H,4-7,12H2,1-3H3. The van der Waals surface area contributed by atoms with Crippen LogP contribution < -0.4 is 0 Å². The number of rotatable bonds is 2. The largest absolute Gasteiger partial charge is 0.130 e. The summed E-state index contributed by atoms with van der Waals surface area (Å²) in [7, 11) is -1.30. The molecule has 3 fully saturated rings. The minimum Gasteiger partial charge on any atom is -0.130 e. The monoisotopic (exact) mass is 376 g/mol. The van der Waals surface area contributed by atoms with Crippen molar-refractivity contribution < 1.29 is 0 Å². The van der Waals surface area contributed by atoms with Crippen LogP contribution in [-0.2, 0) is 0 Å². The van der Waals surface area contributed by atoms with E-state index in [0.717, 1.165) is 51.2 Å². The van der Waals surface area contributed by atoms with Crippen molar-refractivity contribution in [2.75, 3.05) is 0 Å². The second-order valence-corrected chi connectivity index (χ2v) is 17.0. The van der Waals surface area contributed by atoms with E-state index in [1.165, 1.54) is 12.8 Å². The molecule has 0 N–H and O–H groups in total. The number of fused-ring (bicyclic) bond motifs is 4. The van der Waals surface area contributed by atoms with Gasteiger partial charge in [-0.05, 0) is 57.9 Å². The van der Waals surface area contributed by atoms with Crippen LogP contribution in [0.15, 0.2) is 23.0 Å². The molecule has 0 saturated heterocycles. The Balaban J connectivity index is 1.48. The second-order valence-electron chi connectivity index (χ2n) is 9.81. The highest BCUT2D eigenvalue weighted by molar-refractivity contribution is 8.04. The lowest BCUT2D eigenvalue weighted by molar-refractivity contribution is 0.274. The van der Waals surface area contributed by atoms with E-state index in [9.17, 15) is 0 Å². The summed E-state index contributed by atoms with van der Waals surface area (Å²) in [6, 6.07) is 0. The first-order valence-corrected chi connectivity index (χ1v) is 15.3. The van der Waals surface area contributed by atoms with Gasteiger partial charge in [0.1, 0.15) is 0 Å². The molecule has 8 unspecified atom stereocenters. The summed E-state index contributed by atoms with van der Waals surface area (Å²) in [6.07, 6.45) is 12.8. The molecule has 3 aliphatic carbocycles. The lowest BCUT2D eigenvalue weighted by atomic mass is 9.82. The highest BCUT2D eigenvalue weighted by atomic mass is 32.2. The molecule has 3 saturated carbocycles. The molecule has 0 nitrogen and oxygen atoms in total. The molecule has 0 bridgehead atoms. The van der Waals surface area contributed by atoms with E-state index in [2.05, 4.69) is 66.5 Å². The van der Waals surface area contributed by atoms with Crippen molar-refractivity contribution >= 4 is 31.6 Å². The van der Waals surface area contributed by atoms with Gasteiger partial charge in [-0.1, -0.05) is 57.9 Å². The molecule has 0 aromatic heterocycles. The maximum Gasteiger partial charge on any atom is 0.0566 e. The Kier molecular flexibility index (Phi) is 4.11. The van der Waals surface area contributed by atoms with Gasteiger partial charge in [-0.25, -0.2) is 0 Å². The van der Waals surface area contributed by atoms with Crippen molar-refractivity contribution in [2.24, 2.45) is 29.6 Å². The van der Waals surface area contributed by atoms with Gasteiger partial charge in [-0.3, -0.25) is 0 Å². The first-order valence-electron chi connectivity index (χ1n) is 10.2. The molecule has 132 valence electrons. The second kappa shape index (κ2) is 5.95. The van der Waals surface area contributed by atoms with Gasteiger partial charge >= 0.3 is 0 Å². The van der Waals surface area contributed by atoms with Crippen LogP contribution in [0.25, 0.3) is 0 Å². The summed E-state index contributed by atoms with van der Waals surface area (Å²) in [5.74, 6) is 4.87. The van der Waals surface area contributed by atoms with E-state index in [4.69, 9.17) is 0 Å². The molecule has 8 atom stereocenters. The van der Waals surface area contributed by atoms with Crippen LogP contribution in [0.2, 0.25) is 24.2 Å². The van der Waals surface area contributed by atoms with Crippen LogP contribution >= 0.6 is 23.5 Å². The van der Waals surface area contributed by atoms with Gasteiger partial charge in [0.25, 0.3) is 0 Å². The molecular weight excluding hydrogens is 344 g/mol. The summed E-state index contributed by atoms with van der Waals surface area (Å²) >= 11 is 4.40. The van der Waals surface area contributed by atoms with Gasteiger partial charge in [-0.15, -0.1) is 23.5 Å². The van der Waals surface area contributed by atoms with Crippen molar-refractivity contribution in [1.82, 2.24) is 0 Å². The van der Waals surface area contributed by atoms with Gasteiger partial charge in [0, 0.05) is 10.5 Å². The fourth-order valence-electron chi connectivity index (χ4n) is 7.79. The Morgan fingerprint density at radius 1 is 0.875 bits per heavy atom. The first-order chi connectivity index (χ1) is 11.6. The molecule has 0 amide bonds. The zero-order valence-electron chi connectivity index (χ0n) is 15.4. The highest BCUT2D eigenvalue weighted by Gasteiger charge is 2.61. The van der Waals surface area contributed by atoms with Gasteiger partial charge in [0.15, 0.2) is 0 Å². The quantitative estimate of drug-likeness (QED) is 0.487. The summed E-state index contributed by atoms with van der Waals surface area (Å²) in [6.45, 7) is 8.25. The average molecular weight is 377 g/mol. The fraction of sp³-hybridized carbons (Fsp3) is 0.810. The van der Waals surface area contributed by atoms with Crippen LogP contribution in [0.5, 0.6) is 0 Å². The molecule has 3 heteroatoms. The third-order valence-corrected chi connectivity index (χ3v) is 16.5. The van der Waals surface area contributed by atoms with Gasteiger partial charge in [-0.2, -0.15) is 0 Å². The van der Waals surface area contributed by atoms with E-state index in [-0.39, 0.29) is 0 Å². The lowest BCUT2D eigenvalue weighted by Gasteiger charge is -2.46. The SMILES string of the molecule is CC1CC2CCCCC2C1[Si](C)(C)C1C2SC=CC2C2C=CSC21. The molecule has 2 heterocycles. The van der Waals surface area contributed by atoms with Gasteiger partial charge < -0.3 is 0 Å². The molecule has 0 aromatic rings. The van der Waals surface area contributed by atoms with Crippen LogP contribution in [0.3, 0.4) is 0 Å². The number of hydrogen-bond donors (Lipinski definition) is 0. The Morgan fingerprint density at radius 3 is 2.17 bits per heavy atom. The predicted octanol–water partition coefficient (Wildman–Crippen LogP) is 6.79. The van der Waals surface area contributed by atoms with Crippen molar-refractivity contribution in [1.29, 1.82) is 0 Å². The van der Waals surface area contributed by atoms with E-state index < -0.39 is 8.07 Å². The molecule has 0 aromatic carbocycles. The van der Waals surface area contributed by atoms with E-state index in [1.807, 2.05) is 0 Å². The number of allylic oxidation sites excluding steroid dienone is 2. The molecule has 24 heavy (non-hydrogen) atoms. The van der Waals surface area contributed by atoms with E-state index in [0.29, 0.717) is 0 Å². The van der Waals surface area contributed by atoms with Gasteiger partial charge in [0.2, 0.25) is 0 Å². The Bertz CT molecular complexity index is 542. The molecule has 0 spiro atoms. The molecule has 5 aliphatic rings. The third kappa shape index (κ3) is 2.26. The smallest absolute Gasteiger partial charge is 0.0566 e. The Morgan fingerprint density at radius 2 is 1.50 bits per heavy atom. The first kappa shape index (κ1) is 16.6. The zero-order chi connectivity index (χ0) is 16.5. The van der Waals surface area contributed by atoms with Crippen LogP contribution in [-0.4, -0.2) is 18.6 Å². The lowest BCUT2D eigenvalue weighted by Crippen LogP contribution is -2.47. The Hall–Kier alpha value is 0.397. The van der Waals surface area contributed by atoms with Crippen molar-refractivity contribution in [3.8, 4) is 0 Å². The number of hydrogen-bond acceptors (Lipinski definition) is 2. The third-order valence-electron chi connectivity index (χ3n) is 8.42. The van der Waals surface area contributed by atoms with Crippen molar-refractivity contribution in [3.05, 3.63) is 23.0 Å². The maximum absolute atomic E-state index is 2.81. The van der Waals surface area contributed by atoms with Crippen LogP contribution in [0, 0.1) is 29.6 Å². The van der Waals surface area contributed by atoms with Crippen molar-refractivity contribution in [3.63, 3.8) is 0 Å². The summed E-state index contributed by atoms with van der Waals surface area (Å²) in [5.41, 5.74) is 2.11. The van der Waals surface area contributed by atoms with Crippen LogP contribution in [0.1, 0.15) is 39.0 Å².